The molecule has 5 nitrogen and oxygen atoms in total. The number of aromatic nitrogens is 2. The lowest BCUT2D eigenvalue weighted by Gasteiger charge is -2.12. The van der Waals surface area contributed by atoms with Crippen molar-refractivity contribution in [2.75, 3.05) is 10.6 Å². The zero-order chi connectivity index (χ0) is 18.5. The molecule has 0 unspecified atom stereocenters. The summed E-state index contributed by atoms with van der Waals surface area (Å²) in [7, 11) is 0. The highest BCUT2D eigenvalue weighted by molar-refractivity contribution is 6.30. The molecular formula is C20H21ClN4O. The minimum absolute atomic E-state index is 0.153. The summed E-state index contributed by atoms with van der Waals surface area (Å²) in [6, 6.07) is 17.1. The van der Waals surface area contributed by atoms with Crippen LogP contribution in [-0.2, 0) is 0 Å². The van der Waals surface area contributed by atoms with E-state index in [0.717, 1.165) is 17.1 Å². The molecule has 0 fully saturated rings. The van der Waals surface area contributed by atoms with Crippen LogP contribution in [0.1, 0.15) is 19.7 Å². The molecule has 0 saturated heterocycles. The van der Waals surface area contributed by atoms with Crippen LogP contribution in [-0.4, -0.2) is 16.1 Å². The van der Waals surface area contributed by atoms with Gasteiger partial charge in [0.05, 0.1) is 6.10 Å². The number of anilines is 4. The van der Waals surface area contributed by atoms with Crippen molar-refractivity contribution in [1.29, 1.82) is 0 Å². The highest BCUT2D eigenvalue weighted by Gasteiger charge is 2.04. The van der Waals surface area contributed by atoms with Gasteiger partial charge in [0, 0.05) is 22.5 Å². The van der Waals surface area contributed by atoms with Gasteiger partial charge in [-0.3, -0.25) is 0 Å². The Bertz CT molecular complexity index is 864. The van der Waals surface area contributed by atoms with Gasteiger partial charge in [0.25, 0.3) is 0 Å². The third kappa shape index (κ3) is 5.10. The molecule has 0 atom stereocenters. The van der Waals surface area contributed by atoms with Gasteiger partial charge < -0.3 is 15.4 Å². The van der Waals surface area contributed by atoms with Crippen molar-refractivity contribution in [3.63, 3.8) is 0 Å². The number of hydrogen-bond acceptors (Lipinski definition) is 5. The maximum atomic E-state index is 5.92. The number of benzene rings is 2. The zero-order valence-electron chi connectivity index (χ0n) is 15.0. The number of aryl methyl sites for hydroxylation is 1. The van der Waals surface area contributed by atoms with Gasteiger partial charge in [-0.2, -0.15) is 0 Å². The SMILES string of the molecule is Cc1nc(Nc2ccc(Cl)cc2)cc(Nc2ccc(OC(C)C)cc2)n1. The Morgan fingerprint density at radius 1 is 0.846 bits per heavy atom. The van der Waals surface area contributed by atoms with Crippen LogP contribution in [0.15, 0.2) is 54.6 Å². The first kappa shape index (κ1) is 18.0. The Hall–Kier alpha value is -2.79. The van der Waals surface area contributed by atoms with Crippen LogP contribution in [0.2, 0.25) is 5.02 Å². The monoisotopic (exact) mass is 368 g/mol. The summed E-state index contributed by atoms with van der Waals surface area (Å²) in [6.45, 7) is 5.87. The normalized spacial score (nSPS) is 10.7. The fourth-order valence-electron chi connectivity index (χ4n) is 2.41. The quantitative estimate of drug-likeness (QED) is 0.583. The van der Waals surface area contributed by atoms with Gasteiger partial charge in [0.15, 0.2) is 0 Å². The predicted octanol–water partition coefficient (Wildman–Crippen LogP) is 5.71. The minimum Gasteiger partial charge on any atom is -0.491 e. The predicted molar refractivity (Wildman–Crippen MR) is 107 cm³/mol. The van der Waals surface area contributed by atoms with Crippen molar-refractivity contribution in [3.05, 3.63) is 65.4 Å². The van der Waals surface area contributed by atoms with E-state index in [4.69, 9.17) is 16.3 Å². The Kier molecular flexibility index (Phi) is 5.58. The second-order valence-corrected chi connectivity index (χ2v) is 6.57. The minimum atomic E-state index is 0.153. The maximum Gasteiger partial charge on any atom is 0.136 e. The van der Waals surface area contributed by atoms with E-state index in [9.17, 15) is 0 Å². The lowest BCUT2D eigenvalue weighted by molar-refractivity contribution is 0.242. The Labute approximate surface area is 158 Å². The summed E-state index contributed by atoms with van der Waals surface area (Å²) in [5.74, 6) is 2.94. The molecule has 0 amide bonds. The van der Waals surface area contributed by atoms with Crippen LogP contribution in [0.25, 0.3) is 0 Å². The summed E-state index contributed by atoms with van der Waals surface area (Å²) >= 11 is 5.92. The van der Waals surface area contributed by atoms with Crippen LogP contribution < -0.4 is 15.4 Å². The number of nitrogens with zero attached hydrogens (tertiary/aromatic N) is 2. The van der Waals surface area contributed by atoms with Gasteiger partial charge in [-0.1, -0.05) is 11.6 Å². The molecule has 0 radical (unpaired) electrons. The third-order valence-electron chi connectivity index (χ3n) is 3.45. The van der Waals surface area contributed by atoms with Gasteiger partial charge in [-0.25, -0.2) is 9.97 Å². The van der Waals surface area contributed by atoms with E-state index in [0.29, 0.717) is 22.5 Å². The molecule has 6 heteroatoms. The summed E-state index contributed by atoms with van der Waals surface area (Å²) in [4.78, 5) is 8.87. The lowest BCUT2D eigenvalue weighted by atomic mass is 10.3. The van der Waals surface area contributed by atoms with Gasteiger partial charge >= 0.3 is 0 Å². The average Bonchev–Trinajstić information content (AvgIpc) is 2.58. The first-order chi connectivity index (χ1) is 12.5. The number of halogens is 1. The van der Waals surface area contributed by atoms with E-state index in [1.54, 1.807) is 0 Å². The molecule has 1 aromatic heterocycles. The second kappa shape index (κ2) is 8.06. The topological polar surface area (TPSA) is 59.1 Å². The van der Waals surface area contributed by atoms with E-state index in [1.165, 1.54) is 0 Å². The molecule has 134 valence electrons. The van der Waals surface area contributed by atoms with Gasteiger partial charge in [0.2, 0.25) is 0 Å². The number of rotatable bonds is 6. The molecular weight excluding hydrogens is 348 g/mol. The van der Waals surface area contributed by atoms with Crippen molar-refractivity contribution in [3.8, 4) is 5.75 Å². The highest BCUT2D eigenvalue weighted by Crippen LogP contribution is 2.23. The maximum absolute atomic E-state index is 5.92. The van der Waals surface area contributed by atoms with Gasteiger partial charge in [-0.05, 0) is 69.3 Å². The van der Waals surface area contributed by atoms with Gasteiger partial charge in [0.1, 0.15) is 23.2 Å². The summed E-state index contributed by atoms with van der Waals surface area (Å²) in [5, 5.41) is 7.25. The Balaban J connectivity index is 1.73. The molecule has 0 aliphatic carbocycles. The molecule has 0 saturated carbocycles. The standard InChI is InChI=1S/C20H21ClN4O/c1-13(2)26-18-10-8-17(9-11-18)25-20-12-19(22-14(3)23-20)24-16-6-4-15(21)5-7-16/h4-13H,1-3H3,(H2,22,23,24,25). The first-order valence-electron chi connectivity index (χ1n) is 8.40. The Morgan fingerprint density at radius 3 is 1.85 bits per heavy atom. The number of ether oxygens (including phenoxy) is 1. The van der Waals surface area contributed by atoms with Crippen LogP contribution in [0.4, 0.5) is 23.0 Å². The van der Waals surface area contributed by atoms with Crippen LogP contribution >= 0.6 is 11.6 Å². The molecule has 1 heterocycles. The molecule has 0 bridgehead atoms. The molecule has 26 heavy (non-hydrogen) atoms. The van der Waals surface area contributed by atoms with E-state index >= 15 is 0 Å². The zero-order valence-corrected chi connectivity index (χ0v) is 15.7. The Morgan fingerprint density at radius 2 is 1.35 bits per heavy atom. The third-order valence-corrected chi connectivity index (χ3v) is 3.71. The van der Waals surface area contributed by atoms with Crippen molar-refractivity contribution in [2.24, 2.45) is 0 Å². The summed E-state index contributed by atoms with van der Waals surface area (Å²) < 4.78 is 5.66. The summed E-state index contributed by atoms with van der Waals surface area (Å²) in [5.41, 5.74) is 1.84. The molecule has 0 aliphatic heterocycles. The smallest absolute Gasteiger partial charge is 0.136 e. The van der Waals surface area contributed by atoms with Crippen LogP contribution in [0.3, 0.4) is 0 Å². The van der Waals surface area contributed by atoms with Crippen LogP contribution in [0.5, 0.6) is 5.75 Å². The van der Waals surface area contributed by atoms with Crippen molar-refractivity contribution >= 4 is 34.6 Å². The molecule has 3 aromatic rings. The van der Waals surface area contributed by atoms with E-state index in [2.05, 4.69) is 20.6 Å². The molecule has 3 rings (SSSR count). The fraction of sp³-hybridized carbons (Fsp3) is 0.200. The molecule has 0 aliphatic rings. The average molecular weight is 369 g/mol. The van der Waals surface area contributed by atoms with Gasteiger partial charge in [-0.15, -0.1) is 0 Å². The lowest BCUT2D eigenvalue weighted by Crippen LogP contribution is -2.05. The second-order valence-electron chi connectivity index (χ2n) is 6.13. The molecule has 2 aromatic carbocycles. The molecule has 0 spiro atoms. The number of nitrogens with one attached hydrogen (secondary N) is 2. The van der Waals surface area contributed by atoms with Crippen molar-refractivity contribution in [2.45, 2.75) is 26.9 Å². The summed E-state index contributed by atoms with van der Waals surface area (Å²) in [6.07, 6.45) is 0.153. The van der Waals surface area contributed by atoms with Crippen LogP contribution in [0, 0.1) is 6.92 Å². The van der Waals surface area contributed by atoms with Crippen molar-refractivity contribution < 1.29 is 4.74 Å². The van der Waals surface area contributed by atoms with E-state index in [1.807, 2.05) is 75.4 Å². The fourth-order valence-corrected chi connectivity index (χ4v) is 2.54. The first-order valence-corrected chi connectivity index (χ1v) is 8.78. The van der Waals surface area contributed by atoms with E-state index < -0.39 is 0 Å². The van der Waals surface area contributed by atoms with E-state index in [-0.39, 0.29) is 6.10 Å². The van der Waals surface area contributed by atoms with Crippen molar-refractivity contribution in [1.82, 2.24) is 9.97 Å². The molecule has 2 N–H and O–H groups in total. The highest BCUT2D eigenvalue weighted by atomic mass is 35.5. The largest absolute Gasteiger partial charge is 0.491 e. The number of hydrogen-bond donors (Lipinski definition) is 2.